The molecule has 2 aliphatic rings. The van der Waals surface area contributed by atoms with E-state index in [1.165, 1.54) is 17.4 Å². The number of piperazine rings is 1. The molecule has 0 aliphatic carbocycles. The van der Waals surface area contributed by atoms with Crippen molar-refractivity contribution >= 4 is 51.8 Å². The predicted molar refractivity (Wildman–Crippen MR) is 171 cm³/mol. The van der Waals surface area contributed by atoms with E-state index in [0.717, 1.165) is 42.0 Å². The summed E-state index contributed by atoms with van der Waals surface area (Å²) >= 11 is 6.90. The van der Waals surface area contributed by atoms with Crippen molar-refractivity contribution in [3.8, 4) is 6.07 Å². The molecule has 2 saturated heterocycles. The summed E-state index contributed by atoms with van der Waals surface area (Å²) < 4.78 is 2.22. The van der Waals surface area contributed by atoms with Crippen molar-refractivity contribution in [3.63, 3.8) is 0 Å². The Balaban J connectivity index is 1.53. The molecule has 0 bridgehead atoms. The van der Waals surface area contributed by atoms with Gasteiger partial charge in [-0.05, 0) is 49.6 Å². The van der Waals surface area contributed by atoms with Crippen LogP contribution in [0.3, 0.4) is 0 Å². The summed E-state index contributed by atoms with van der Waals surface area (Å²) in [7, 11) is 0. The van der Waals surface area contributed by atoms with Crippen LogP contribution in [0.1, 0.15) is 41.2 Å². The Morgan fingerprint density at radius 1 is 0.976 bits per heavy atom. The van der Waals surface area contributed by atoms with E-state index in [1.54, 1.807) is 16.4 Å². The molecule has 1 aromatic heterocycles. The van der Waals surface area contributed by atoms with Crippen LogP contribution in [0, 0.1) is 25.2 Å². The molecular weight excluding hydrogens is 551 g/mol. The molecule has 41 heavy (non-hydrogen) atoms. The number of carbonyl (C=O) groups is 1. The van der Waals surface area contributed by atoms with Gasteiger partial charge in [0.25, 0.3) is 11.5 Å². The number of anilines is 2. The first kappa shape index (κ1) is 28.7. The molecule has 210 valence electrons. The van der Waals surface area contributed by atoms with Crippen LogP contribution in [0.2, 0.25) is 0 Å². The fourth-order valence-electron chi connectivity index (χ4n) is 5.37. The topological polar surface area (TPSA) is 72.6 Å². The monoisotopic (exact) mass is 583 g/mol. The standard InChI is InChI=1S/C32H33N5O2S2/c1-4-14-36-29(35-17-15-34(16-18-35)25-8-6-5-7-9-25)26(23(3)27(20-33)30(36)38)19-28-31(39)37(32(40)41-28)21-24-12-10-22(2)11-13-24/h5-13,19H,4,14-18,21H2,1-3H3. The van der Waals surface area contributed by atoms with Gasteiger partial charge in [-0.2, -0.15) is 5.26 Å². The van der Waals surface area contributed by atoms with Crippen LogP contribution in [0.4, 0.5) is 11.5 Å². The minimum atomic E-state index is -0.281. The fourth-order valence-corrected chi connectivity index (χ4v) is 6.61. The normalized spacial score (nSPS) is 16.5. The van der Waals surface area contributed by atoms with Gasteiger partial charge in [-0.25, -0.2) is 0 Å². The van der Waals surface area contributed by atoms with Crippen molar-refractivity contribution in [2.75, 3.05) is 36.0 Å². The summed E-state index contributed by atoms with van der Waals surface area (Å²) in [6, 6.07) is 20.5. The van der Waals surface area contributed by atoms with Gasteiger partial charge in [0.05, 0.1) is 11.4 Å². The Labute approximate surface area is 250 Å². The van der Waals surface area contributed by atoms with E-state index in [2.05, 4.69) is 28.0 Å². The molecule has 0 N–H and O–H groups in total. The van der Waals surface area contributed by atoms with E-state index in [9.17, 15) is 14.9 Å². The highest BCUT2D eigenvalue weighted by molar-refractivity contribution is 8.26. The number of benzene rings is 2. The molecule has 2 fully saturated rings. The number of rotatable bonds is 7. The Morgan fingerprint density at radius 3 is 2.27 bits per heavy atom. The van der Waals surface area contributed by atoms with Gasteiger partial charge < -0.3 is 9.80 Å². The molecule has 5 rings (SSSR count). The van der Waals surface area contributed by atoms with Crippen LogP contribution in [-0.2, 0) is 17.9 Å². The molecule has 3 heterocycles. The number of thiocarbonyl (C=S) groups is 1. The molecular formula is C32H33N5O2S2. The maximum absolute atomic E-state index is 13.6. The van der Waals surface area contributed by atoms with Crippen molar-refractivity contribution in [1.29, 1.82) is 5.26 Å². The van der Waals surface area contributed by atoms with Gasteiger partial charge in [0, 0.05) is 44.0 Å². The van der Waals surface area contributed by atoms with Crippen molar-refractivity contribution in [1.82, 2.24) is 9.47 Å². The molecule has 2 aliphatic heterocycles. The number of pyridine rings is 1. The molecule has 7 nitrogen and oxygen atoms in total. The van der Waals surface area contributed by atoms with E-state index >= 15 is 0 Å². The quantitative estimate of drug-likeness (QED) is 0.270. The summed E-state index contributed by atoms with van der Waals surface area (Å²) in [5, 5.41) is 9.95. The SMILES string of the molecule is CCCn1c(N2CCN(c3ccccc3)CC2)c(C=C2SC(=S)N(Cc3ccc(C)cc3)C2=O)c(C)c(C#N)c1=O. The molecule has 2 aromatic carbocycles. The van der Waals surface area contributed by atoms with E-state index in [-0.39, 0.29) is 17.0 Å². The molecule has 0 radical (unpaired) electrons. The van der Waals surface area contributed by atoms with Crippen LogP contribution in [0.15, 0.2) is 64.3 Å². The largest absolute Gasteiger partial charge is 0.368 e. The maximum atomic E-state index is 13.6. The van der Waals surface area contributed by atoms with E-state index in [4.69, 9.17) is 12.2 Å². The van der Waals surface area contributed by atoms with Crippen molar-refractivity contribution in [2.45, 2.75) is 40.3 Å². The van der Waals surface area contributed by atoms with Crippen molar-refractivity contribution in [2.24, 2.45) is 0 Å². The highest BCUT2D eigenvalue weighted by Crippen LogP contribution is 2.37. The van der Waals surface area contributed by atoms with E-state index in [1.807, 2.05) is 62.4 Å². The second-order valence-electron chi connectivity index (χ2n) is 10.4. The Morgan fingerprint density at radius 2 is 1.63 bits per heavy atom. The van der Waals surface area contributed by atoms with Crippen molar-refractivity contribution < 1.29 is 4.79 Å². The van der Waals surface area contributed by atoms with Gasteiger partial charge in [-0.1, -0.05) is 78.9 Å². The number of nitrogens with zero attached hydrogens (tertiary/aromatic N) is 5. The lowest BCUT2D eigenvalue weighted by molar-refractivity contribution is -0.122. The summed E-state index contributed by atoms with van der Waals surface area (Å²) in [5.74, 6) is 0.608. The Hall–Kier alpha value is -3.87. The highest BCUT2D eigenvalue weighted by Gasteiger charge is 2.34. The molecule has 0 saturated carbocycles. The number of amides is 1. The number of aryl methyl sites for hydroxylation is 1. The number of hydrogen-bond donors (Lipinski definition) is 0. The predicted octanol–water partition coefficient (Wildman–Crippen LogP) is 5.47. The third kappa shape index (κ3) is 5.81. The van der Waals surface area contributed by atoms with E-state index < -0.39 is 0 Å². The van der Waals surface area contributed by atoms with Crippen LogP contribution in [0.5, 0.6) is 0 Å². The van der Waals surface area contributed by atoms with Crippen molar-refractivity contribution in [3.05, 3.63) is 97.7 Å². The van der Waals surface area contributed by atoms with Gasteiger partial charge in [0.1, 0.15) is 21.8 Å². The lowest BCUT2D eigenvalue weighted by Gasteiger charge is -2.39. The first-order chi connectivity index (χ1) is 19.8. The molecule has 1 amide bonds. The first-order valence-corrected chi connectivity index (χ1v) is 15.1. The van der Waals surface area contributed by atoms with Crippen LogP contribution >= 0.6 is 24.0 Å². The number of hydrogen-bond acceptors (Lipinski definition) is 7. The van der Waals surface area contributed by atoms with Gasteiger partial charge in [-0.3, -0.25) is 19.1 Å². The van der Waals surface area contributed by atoms with Gasteiger partial charge >= 0.3 is 0 Å². The lowest BCUT2D eigenvalue weighted by atomic mass is 10.0. The van der Waals surface area contributed by atoms with Gasteiger partial charge in [0.15, 0.2) is 0 Å². The summed E-state index contributed by atoms with van der Waals surface area (Å²) in [4.78, 5) is 33.8. The average molecular weight is 584 g/mol. The summed E-state index contributed by atoms with van der Waals surface area (Å²) in [6.07, 6.45) is 2.58. The van der Waals surface area contributed by atoms with Gasteiger partial charge in [-0.15, -0.1) is 0 Å². The third-order valence-electron chi connectivity index (χ3n) is 7.60. The maximum Gasteiger partial charge on any atom is 0.270 e. The molecule has 0 unspecified atom stereocenters. The highest BCUT2D eigenvalue weighted by atomic mass is 32.2. The Bertz CT molecular complexity index is 1600. The molecule has 0 atom stereocenters. The molecule has 0 spiro atoms. The molecule has 3 aromatic rings. The summed E-state index contributed by atoms with van der Waals surface area (Å²) in [5.41, 5.74) is 4.49. The zero-order valence-corrected chi connectivity index (χ0v) is 25.2. The second kappa shape index (κ2) is 12.3. The number of carbonyl (C=O) groups excluding carboxylic acids is 1. The number of para-hydroxylation sites is 1. The Kier molecular flexibility index (Phi) is 8.62. The zero-order chi connectivity index (χ0) is 29.1. The van der Waals surface area contributed by atoms with Crippen LogP contribution in [0.25, 0.3) is 6.08 Å². The number of thioether (sulfide) groups is 1. The average Bonchev–Trinajstić information content (AvgIpc) is 3.25. The smallest absolute Gasteiger partial charge is 0.270 e. The third-order valence-corrected chi connectivity index (χ3v) is 8.98. The summed E-state index contributed by atoms with van der Waals surface area (Å²) in [6.45, 7) is 9.73. The second-order valence-corrected chi connectivity index (χ2v) is 12.0. The van der Waals surface area contributed by atoms with Gasteiger partial charge in [0.2, 0.25) is 0 Å². The van der Waals surface area contributed by atoms with E-state index in [0.29, 0.717) is 41.0 Å². The van der Waals surface area contributed by atoms with Crippen LogP contribution in [-0.4, -0.2) is 45.9 Å². The first-order valence-electron chi connectivity index (χ1n) is 13.9. The van der Waals surface area contributed by atoms with Crippen LogP contribution < -0.4 is 15.4 Å². The minimum Gasteiger partial charge on any atom is -0.368 e. The minimum absolute atomic E-state index is 0.117. The number of nitriles is 1. The molecule has 9 heteroatoms. The lowest BCUT2D eigenvalue weighted by Crippen LogP contribution is -2.48. The number of aromatic nitrogens is 1. The fraction of sp³-hybridized carbons (Fsp3) is 0.312. The zero-order valence-electron chi connectivity index (χ0n) is 23.6.